The van der Waals surface area contributed by atoms with Gasteiger partial charge in [0.05, 0.1) is 29.5 Å². The van der Waals surface area contributed by atoms with Gasteiger partial charge in [0, 0.05) is 28.3 Å². The van der Waals surface area contributed by atoms with E-state index in [1.54, 1.807) is 17.0 Å². The predicted octanol–water partition coefficient (Wildman–Crippen LogP) is 3.89. The predicted molar refractivity (Wildman–Crippen MR) is 101 cm³/mol. The molecule has 0 bridgehead atoms. The molecule has 4 aromatic rings. The first kappa shape index (κ1) is 14.8. The largest absolute Gasteiger partial charge is 0.329 e. The van der Waals surface area contributed by atoms with Crippen LogP contribution in [-0.4, -0.2) is 19.1 Å². The normalized spacial score (nSPS) is 14.4. The Morgan fingerprint density at radius 1 is 1.12 bits per heavy atom. The fourth-order valence-corrected chi connectivity index (χ4v) is 3.98. The van der Waals surface area contributed by atoms with Crippen molar-refractivity contribution in [2.24, 2.45) is 0 Å². The van der Waals surface area contributed by atoms with E-state index >= 15 is 0 Å². The second kappa shape index (κ2) is 5.52. The highest BCUT2D eigenvalue weighted by molar-refractivity contribution is 9.10. The molecule has 0 aliphatic heterocycles. The summed E-state index contributed by atoms with van der Waals surface area (Å²) >= 11 is 3.68. The summed E-state index contributed by atoms with van der Waals surface area (Å²) in [6.07, 6.45) is 7.51. The number of nitrogens with zero attached hydrogens (tertiary/aromatic N) is 4. The fourth-order valence-electron chi connectivity index (χ4n) is 3.39. The third-order valence-electron chi connectivity index (χ3n) is 4.80. The second-order valence-electron chi connectivity index (χ2n) is 6.44. The number of hydrogen-bond donors (Lipinski definition) is 0. The molecule has 1 aromatic carbocycles. The molecular weight excluding hydrogens is 380 g/mol. The van der Waals surface area contributed by atoms with Gasteiger partial charge in [-0.25, -0.2) is 4.79 Å². The second-order valence-corrected chi connectivity index (χ2v) is 7.23. The topological polar surface area (TPSA) is 52.7 Å². The number of benzene rings is 1. The molecule has 0 unspecified atom stereocenters. The van der Waals surface area contributed by atoms with Crippen molar-refractivity contribution in [1.82, 2.24) is 19.1 Å². The molecule has 25 heavy (non-hydrogen) atoms. The molecule has 5 rings (SSSR count). The average Bonchev–Trinajstić information content (AvgIpc) is 3.43. The number of rotatable bonds is 3. The van der Waals surface area contributed by atoms with E-state index in [4.69, 9.17) is 0 Å². The molecule has 1 aliphatic rings. The number of fused-ring (bicyclic) bond motifs is 2. The van der Waals surface area contributed by atoms with Crippen LogP contribution in [0.3, 0.4) is 0 Å². The monoisotopic (exact) mass is 394 g/mol. The summed E-state index contributed by atoms with van der Waals surface area (Å²) in [6.45, 7) is 0.423. The van der Waals surface area contributed by atoms with Crippen LogP contribution in [0.15, 0.2) is 58.2 Å². The lowest BCUT2D eigenvalue weighted by Crippen LogP contribution is -2.24. The molecular formula is C19H15BrN4O. The van der Waals surface area contributed by atoms with E-state index in [9.17, 15) is 4.79 Å². The molecule has 0 radical (unpaired) electrons. The Hall–Kier alpha value is -2.47. The molecule has 1 fully saturated rings. The molecule has 0 amide bonds. The standard InChI is InChI=1S/C19H15BrN4O/c20-18-14-4-2-1-3-12(14)9-22-15(18)11-23-17-10-21-8-7-16(17)24(19(23)25)13-5-6-13/h1-4,7-10,13H,5-6,11H2. The first-order valence-corrected chi connectivity index (χ1v) is 9.10. The summed E-state index contributed by atoms with van der Waals surface area (Å²) in [5.41, 5.74) is 2.69. The fraction of sp³-hybridized carbons (Fsp3) is 0.211. The van der Waals surface area contributed by atoms with Gasteiger partial charge in [0.25, 0.3) is 0 Å². The van der Waals surface area contributed by atoms with Crippen LogP contribution in [0, 0.1) is 0 Å². The van der Waals surface area contributed by atoms with Crippen LogP contribution in [0.5, 0.6) is 0 Å². The summed E-state index contributed by atoms with van der Waals surface area (Å²) in [7, 11) is 0. The zero-order chi connectivity index (χ0) is 17.0. The van der Waals surface area contributed by atoms with E-state index in [1.807, 2.05) is 35.0 Å². The van der Waals surface area contributed by atoms with Crippen molar-refractivity contribution in [1.29, 1.82) is 0 Å². The highest BCUT2D eigenvalue weighted by Gasteiger charge is 2.29. The minimum Gasteiger partial charge on any atom is -0.289 e. The molecule has 1 saturated carbocycles. The lowest BCUT2D eigenvalue weighted by Gasteiger charge is -2.08. The van der Waals surface area contributed by atoms with Crippen LogP contribution in [0.1, 0.15) is 24.6 Å². The van der Waals surface area contributed by atoms with Gasteiger partial charge in [0.1, 0.15) is 0 Å². The summed E-state index contributed by atoms with van der Waals surface area (Å²) < 4.78 is 4.63. The Morgan fingerprint density at radius 3 is 2.80 bits per heavy atom. The quantitative estimate of drug-likeness (QED) is 0.529. The minimum absolute atomic E-state index is 0.0207. The van der Waals surface area contributed by atoms with Crippen LogP contribution < -0.4 is 5.69 Å². The van der Waals surface area contributed by atoms with Gasteiger partial charge in [-0.15, -0.1) is 0 Å². The van der Waals surface area contributed by atoms with Crippen LogP contribution in [0.4, 0.5) is 0 Å². The van der Waals surface area contributed by atoms with Crippen molar-refractivity contribution < 1.29 is 0 Å². The summed E-state index contributed by atoms with van der Waals surface area (Å²) in [5, 5.41) is 2.18. The zero-order valence-electron chi connectivity index (χ0n) is 13.4. The van der Waals surface area contributed by atoms with Crippen LogP contribution >= 0.6 is 15.9 Å². The van der Waals surface area contributed by atoms with Crippen LogP contribution in [0.25, 0.3) is 21.8 Å². The van der Waals surface area contributed by atoms with E-state index in [0.717, 1.165) is 44.8 Å². The van der Waals surface area contributed by atoms with Crippen molar-refractivity contribution >= 4 is 37.7 Å². The average molecular weight is 395 g/mol. The number of halogens is 1. The van der Waals surface area contributed by atoms with Gasteiger partial charge < -0.3 is 0 Å². The van der Waals surface area contributed by atoms with E-state index < -0.39 is 0 Å². The van der Waals surface area contributed by atoms with Gasteiger partial charge in [-0.2, -0.15) is 0 Å². The molecule has 6 heteroatoms. The SMILES string of the molecule is O=c1n(Cc2ncc3ccccc3c2Br)c2cnccc2n1C1CC1. The maximum Gasteiger partial charge on any atom is 0.329 e. The smallest absolute Gasteiger partial charge is 0.289 e. The van der Waals surface area contributed by atoms with Gasteiger partial charge in [0.15, 0.2) is 0 Å². The molecule has 124 valence electrons. The zero-order valence-corrected chi connectivity index (χ0v) is 15.0. The van der Waals surface area contributed by atoms with Crippen molar-refractivity contribution in [3.63, 3.8) is 0 Å². The molecule has 0 spiro atoms. The van der Waals surface area contributed by atoms with Gasteiger partial charge in [-0.05, 0) is 40.2 Å². The summed E-state index contributed by atoms with van der Waals surface area (Å²) in [5.74, 6) is 0. The number of pyridine rings is 2. The Labute approximate surface area is 152 Å². The lowest BCUT2D eigenvalue weighted by atomic mass is 10.1. The van der Waals surface area contributed by atoms with Crippen molar-refractivity contribution in [2.45, 2.75) is 25.4 Å². The van der Waals surface area contributed by atoms with Crippen molar-refractivity contribution in [3.8, 4) is 0 Å². The van der Waals surface area contributed by atoms with Gasteiger partial charge in [-0.3, -0.25) is 19.1 Å². The van der Waals surface area contributed by atoms with Gasteiger partial charge in [0.2, 0.25) is 0 Å². The minimum atomic E-state index is 0.0207. The Bertz CT molecular complexity index is 1170. The Kier molecular flexibility index (Phi) is 3.28. The van der Waals surface area contributed by atoms with E-state index in [1.165, 1.54) is 0 Å². The summed E-state index contributed by atoms with van der Waals surface area (Å²) in [6, 6.07) is 10.3. The van der Waals surface area contributed by atoms with E-state index in [-0.39, 0.29) is 5.69 Å². The molecule has 3 heterocycles. The van der Waals surface area contributed by atoms with Gasteiger partial charge >= 0.3 is 5.69 Å². The third kappa shape index (κ3) is 2.32. The summed E-state index contributed by atoms with van der Waals surface area (Å²) in [4.78, 5) is 21.8. The van der Waals surface area contributed by atoms with Crippen LogP contribution in [0.2, 0.25) is 0 Å². The lowest BCUT2D eigenvalue weighted by molar-refractivity contribution is 0.665. The highest BCUT2D eigenvalue weighted by atomic mass is 79.9. The Balaban J connectivity index is 1.69. The van der Waals surface area contributed by atoms with Crippen molar-refractivity contribution in [3.05, 3.63) is 69.6 Å². The molecule has 0 N–H and O–H groups in total. The number of aromatic nitrogens is 4. The number of hydrogen-bond acceptors (Lipinski definition) is 3. The van der Waals surface area contributed by atoms with Gasteiger partial charge in [-0.1, -0.05) is 24.3 Å². The Morgan fingerprint density at radius 2 is 1.96 bits per heavy atom. The highest BCUT2D eigenvalue weighted by Crippen LogP contribution is 2.36. The molecule has 3 aromatic heterocycles. The molecule has 5 nitrogen and oxygen atoms in total. The third-order valence-corrected chi connectivity index (χ3v) is 5.68. The molecule has 1 aliphatic carbocycles. The van der Waals surface area contributed by atoms with Crippen molar-refractivity contribution in [2.75, 3.05) is 0 Å². The van der Waals surface area contributed by atoms with Crippen LogP contribution in [-0.2, 0) is 6.54 Å². The number of imidazole rings is 1. The maximum atomic E-state index is 13.0. The molecule has 0 saturated heterocycles. The van der Waals surface area contributed by atoms with E-state index in [2.05, 4.69) is 32.0 Å². The first-order valence-electron chi connectivity index (χ1n) is 8.31. The first-order chi connectivity index (χ1) is 12.2. The molecule has 0 atom stereocenters. The maximum absolute atomic E-state index is 13.0. The van der Waals surface area contributed by atoms with E-state index in [0.29, 0.717) is 12.6 Å².